The van der Waals surface area contributed by atoms with Crippen molar-refractivity contribution >= 4 is 34.3 Å². The van der Waals surface area contributed by atoms with Crippen molar-refractivity contribution in [1.29, 1.82) is 0 Å². The van der Waals surface area contributed by atoms with Gasteiger partial charge in [-0.15, -0.1) is 0 Å². The summed E-state index contributed by atoms with van der Waals surface area (Å²) >= 11 is 6.76. The molecule has 0 atom stereocenters. The van der Waals surface area contributed by atoms with E-state index in [0.717, 1.165) is 41.0 Å². The molecule has 7 nitrogen and oxygen atoms in total. The molecular formula is C33H33ClN6O. The minimum Gasteiger partial charge on any atom is -0.324 e. The van der Waals surface area contributed by atoms with Crippen LogP contribution in [0.2, 0.25) is 5.02 Å². The van der Waals surface area contributed by atoms with Gasteiger partial charge in [-0.2, -0.15) is 4.98 Å². The number of anilines is 2. The van der Waals surface area contributed by atoms with E-state index in [1.165, 1.54) is 18.4 Å². The highest BCUT2D eigenvalue weighted by Gasteiger charge is 2.19. The van der Waals surface area contributed by atoms with Gasteiger partial charge in [0.25, 0.3) is 5.56 Å². The van der Waals surface area contributed by atoms with E-state index < -0.39 is 0 Å². The van der Waals surface area contributed by atoms with E-state index in [1.807, 2.05) is 50.2 Å². The number of pyridine rings is 2. The predicted molar refractivity (Wildman–Crippen MR) is 167 cm³/mol. The van der Waals surface area contributed by atoms with Crippen LogP contribution in [-0.2, 0) is 6.54 Å². The zero-order valence-electron chi connectivity index (χ0n) is 23.6. The molecular weight excluding hydrogens is 532 g/mol. The lowest BCUT2D eigenvalue weighted by Crippen LogP contribution is -2.29. The van der Waals surface area contributed by atoms with Crippen LogP contribution in [0, 0.1) is 6.92 Å². The van der Waals surface area contributed by atoms with Crippen molar-refractivity contribution in [2.24, 2.45) is 0 Å². The van der Waals surface area contributed by atoms with Crippen LogP contribution >= 0.6 is 11.6 Å². The molecule has 6 rings (SSSR count). The first-order valence-electron chi connectivity index (χ1n) is 14.1. The van der Waals surface area contributed by atoms with Crippen molar-refractivity contribution in [2.45, 2.75) is 39.2 Å². The Hall–Kier alpha value is -4.07. The number of aromatic nitrogens is 4. The third kappa shape index (κ3) is 5.47. The maximum atomic E-state index is 13.7. The van der Waals surface area contributed by atoms with Gasteiger partial charge in [-0.25, -0.2) is 4.98 Å². The molecule has 1 aliphatic rings. The largest absolute Gasteiger partial charge is 0.324 e. The zero-order valence-corrected chi connectivity index (χ0v) is 24.3. The maximum Gasteiger partial charge on any atom is 0.260 e. The highest BCUT2D eigenvalue weighted by atomic mass is 35.5. The Morgan fingerprint density at radius 3 is 2.46 bits per heavy atom. The topological polar surface area (TPSA) is 75.9 Å². The Kier molecular flexibility index (Phi) is 7.56. The van der Waals surface area contributed by atoms with Crippen molar-refractivity contribution in [2.75, 3.05) is 25.5 Å². The van der Waals surface area contributed by atoms with Gasteiger partial charge in [-0.05, 0) is 94.2 Å². The Balaban J connectivity index is 1.29. The van der Waals surface area contributed by atoms with Gasteiger partial charge < -0.3 is 10.2 Å². The molecule has 5 aromatic rings. The predicted octanol–water partition coefficient (Wildman–Crippen LogP) is 7.06. The van der Waals surface area contributed by atoms with Gasteiger partial charge in [0.05, 0.1) is 0 Å². The van der Waals surface area contributed by atoms with Crippen molar-refractivity contribution in [3.05, 3.63) is 99.7 Å². The van der Waals surface area contributed by atoms with Crippen molar-refractivity contribution in [3.8, 4) is 22.3 Å². The number of hydrogen-bond donors (Lipinski definition) is 1. The summed E-state index contributed by atoms with van der Waals surface area (Å²) in [7, 11) is 2.18. The molecule has 4 heterocycles. The number of likely N-dealkylation sites (tertiary alicyclic amines) is 1. The molecule has 0 saturated carbocycles. The Labute approximate surface area is 244 Å². The van der Waals surface area contributed by atoms with Gasteiger partial charge >= 0.3 is 0 Å². The molecule has 208 valence electrons. The van der Waals surface area contributed by atoms with Crippen LogP contribution in [0.15, 0.2) is 77.9 Å². The van der Waals surface area contributed by atoms with E-state index in [-0.39, 0.29) is 5.56 Å². The molecule has 8 heteroatoms. The fraction of sp³-hybridized carbons (Fsp3) is 0.273. The Morgan fingerprint density at radius 2 is 1.76 bits per heavy atom. The molecule has 0 spiro atoms. The van der Waals surface area contributed by atoms with Crippen LogP contribution in [0.3, 0.4) is 0 Å². The van der Waals surface area contributed by atoms with Gasteiger partial charge in [0.2, 0.25) is 5.95 Å². The summed E-state index contributed by atoms with van der Waals surface area (Å²) in [5.41, 5.74) is 6.82. The van der Waals surface area contributed by atoms with Crippen LogP contribution in [-0.4, -0.2) is 44.6 Å². The highest BCUT2D eigenvalue weighted by molar-refractivity contribution is 6.33. The van der Waals surface area contributed by atoms with Crippen LogP contribution in [0.25, 0.3) is 33.3 Å². The minimum atomic E-state index is -0.140. The van der Waals surface area contributed by atoms with Crippen LogP contribution in [0.5, 0.6) is 0 Å². The van der Waals surface area contributed by atoms with E-state index >= 15 is 0 Å². The second-order valence-electron chi connectivity index (χ2n) is 10.7. The summed E-state index contributed by atoms with van der Waals surface area (Å²) in [6, 6.07) is 20.1. The molecule has 1 aliphatic heterocycles. The first-order chi connectivity index (χ1) is 19.9. The molecule has 0 aliphatic carbocycles. The molecule has 0 unspecified atom stereocenters. The molecule has 1 saturated heterocycles. The van der Waals surface area contributed by atoms with Gasteiger partial charge in [0.1, 0.15) is 5.65 Å². The van der Waals surface area contributed by atoms with Crippen LogP contribution in [0.1, 0.15) is 36.9 Å². The number of aryl methyl sites for hydroxylation is 2. The summed E-state index contributed by atoms with van der Waals surface area (Å²) in [6.45, 7) is 6.65. The zero-order chi connectivity index (χ0) is 28.5. The molecule has 1 fully saturated rings. The lowest BCUT2D eigenvalue weighted by atomic mass is 9.89. The molecule has 3 aromatic heterocycles. The van der Waals surface area contributed by atoms with E-state index in [1.54, 1.807) is 17.0 Å². The van der Waals surface area contributed by atoms with E-state index in [4.69, 9.17) is 16.6 Å². The summed E-state index contributed by atoms with van der Waals surface area (Å²) in [6.07, 6.45) is 5.90. The van der Waals surface area contributed by atoms with Gasteiger partial charge in [-0.1, -0.05) is 41.9 Å². The number of nitrogens with zero attached hydrogens (tertiary/aromatic N) is 5. The number of nitrogens with one attached hydrogen (secondary N) is 1. The van der Waals surface area contributed by atoms with Crippen molar-refractivity contribution < 1.29 is 0 Å². The summed E-state index contributed by atoms with van der Waals surface area (Å²) < 4.78 is 1.68. The molecule has 1 N–H and O–H groups in total. The molecule has 0 bridgehead atoms. The third-order valence-electron chi connectivity index (χ3n) is 8.08. The smallest absolute Gasteiger partial charge is 0.260 e. The Bertz CT molecular complexity index is 1770. The highest BCUT2D eigenvalue weighted by Crippen LogP contribution is 2.33. The summed E-state index contributed by atoms with van der Waals surface area (Å²) in [5.74, 6) is 1.06. The summed E-state index contributed by atoms with van der Waals surface area (Å²) in [4.78, 5) is 29.7. The quantitative estimate of drug-likeness (QED) is 0.238. The van der Waals surface area contributed by atoms with Gasteiger partial charge in [0.15, 0.2) is 0 Å². The second kappa shape index (κ2) is 11.4. The summed E-state index contributed by atoms with van der Waals surface area (Å²) in [5, 5.41) is 4.59. The normalized spacial score (nSPS) is 14.4. The average molecular weight is 565 g/mol. The van der Waals surface area contributed by atoms with Gasteiger partial charge in [0, 0.05) is 57.4 Å². The minimum absolute atomic E-state index is 0.140. The molecule has 2 aromatic carbocycles. The lowest BCUT2D eigenvalue weighted by molar-refractivity contribution is 0.255. The van der Waals surface area contributed by atoms with Crippen LogP contribution in [0.4, 0.5) is 11.6 Å². The van der Waals surface area contributed by atoms with Crippen LogP contribution < -0.4 is 10.9 Å². The third-order valence-corrected chi connectivity index (χ3v) is 8.39. The van der Waals surface area contributed by atoms with E-state index in [9.17, 15) is 4.79 Å². The van der Waals surface area contributed by atoms with E-state index in [2.05, 4.69) is 51.5 Å². The maximum absolute atomic E-state index is 13.7. The fourth-order valence-electron chi connectivity index (χ4n) is 5.71. The number of benzene rings is 2. The number of hydrogen-bond acceptors (Lipinski definition) is 6. The second-order valence-corrected chi connectivity index (χ2v) is 11.1. The number of rotatable bonds is 6. The average Bonchev–Trinajstić information content (AvgIpc) is 2.98. The standard InChI is InChI=1S/C33H33ClN6O/c1-4-40-31-25(18-29(32(40)41)28-12-9-24(19-30(28)34)27-6-5-15-35-21(27)2)20-36-33(38-31)37-26-10-7-22(8-11-26)23-13-16-39(3)17-14-23/h5-12,15,18-20,23H,4,13-14,16-17H2,1-3H3,(H,36,37,38). The number of fused-ring (bicyclic) bond motifs is 1. The van der Waals surface area contributed by atoms with Gasteiger partial charge in [-0.3, -0.25) is 14.3 Å². The molecule has 41 heavy (non-hydrogen) atoms. The number of piperidine rings is 1. The lowest BCUT2D eigenvalue weighted by Gasteiger charge is -2.29. The SMILES string of the molecule is CCn1c(=O)c(-c2ccc(-c3cccnc3C)cc2Cl)cc2cnc(Nc3ccc(C4CCN(C)CC4)cc3)nc21. The first kappa shape index (κ1) is 27.1. The fourth-order valence-corrected chi connectivity index (χ4v) is 5.99. The Morgan fingerprint density at radius 1 is 0.976 bits per heavy atom. The van der Waals surface area contributed by atoms with E-state index in [0.29, 0.717) is 40.2 Å². The monoisotopic (exact) mass is 564 g/mol. The van der Waals surface area contributed by atoms with Crippen molar-refractivity contribution in [3.63, 3.8) is 0 Å². The first-order valence-corrected chi connectivity index (χ1v) is 14.5. The number of halogens is 1. The molecule has 0 radical (unpaired) electrons. The molecule has 0 amide bonds. The van der Waals surface area contributed by atoms with Crippen molar-refractivity contribution in [1.82, 2.24) is 24.4 Å².